The van der Waals surface area contributed by atoms with E-state index in [0.717, 1.165) is 5.56 Å². The smallest absolute Gasteiger partial charge is 0.376 e. The third-order valence-corrected chi connectivity index (χ3v) is 11.0. The van der Waals surface area contributed by atoms with Gasteiger partial charge in [0.1, 0.15) is 0 Å². The highest BCUT2D eigenvalue weighted by Gasteiger charge is 2.37. The number of aromatic nitrogens is 2. The molecule has 3 aromatic carbocycles. The molecule has 51 heavy (non-hydrogen) atoms. The molecule has 1 fully saturated rings. The zero-order valence-corrected chi connectivity index (χ0v) is 29.8. The summed E-state index contributed by atoms with van der Waals surface area (Å²) >= 11 is 12.7. The third-order valence-electron chi connectivity index (χ3n) is 8.56. The molecule has 1 aliphatic rings. The molecule has 17 heteroatoms. The van der Waals surface area contributed by atoms with Gasteiger partial charge < -0.3 is 19.6 Å². The quantitative estimate of drug-likeness (QED) is 0.120. The van der Waals surface area contributed by atoms with Crippen molar-refractivity contribution in [3.05, 3.63) is 108 Å². The number of alkyl halides is 3. The number of rotatable bonds is 14. The predicted molar refractivity (Wildman–Crippen MR) is 187 cm³/mol. The molecule has 4 aromatic rings. The van der Waals surface area contributed by atoms with Crippen LogP contribution in [0.4, 0.5) is 13.2 Å². The van der Waals surface area contributed by atoms with Crippen molar-refractivity contribution >= 4 is 43.9 Å². The number of nitrogens with zero attached hydrogens (tertiary/aromatic N) is 2. The van der Waals surface area contributed by atoms with E-state index in [0.29, 0.717) is 36.6 Å². The van der Waals surface area contributed by atoms with Crippen molar-refractivity contribution in [2.24, 2.45) is 0 Å². The minimum atomic E-state index is -4.91. The van der Waals surface area contributed by atoms with Crippen LogP contribution in [0.1, 0.15) is 42.0 Å². The first kappa shape index (κ1) is 38.9. The lowest BCUT2D eigenvalue weighted by molar-refractivity contribution is -0.138. The highest BCUT2D eigenvalue weighted by molar-refractivity contribution is 7.91. The fraction of sp³-hybridized carbons (Fsp3) is 0.412. The Balaban J connectivity index is 1.32. The highest BCUT2D eigenvalue weighted by Crippen LogP contribution is 2.39. The molecule has 0 amide bonds. The predicted octanol–water partition coefficient (Wildman–Crippen LogP) is 4.92. The molecule has 1 aliphatic heterocycles. The number of likely N-dealkylation sites (tertiary alicyclic amines) is 1. The van der Waals surface area contributed by atoms with Crippen LogP contribution < -0.4 is 16.6 Å². The van der Waals surface area contributed by atoms with Gasteiger partial charge in [0.15, 0.2) is 9.84 Å². The summed E-state index contributed by atoms with van der Waals surface area (Å²) in [5.41, 5.74) is -2.85. The van der Waals surface area contributed by atoms with Crippen molar-refractivity contribution in [1.29, 1.82) is 0 Å². The number of sulfone groups is 1. The van der Waals surface area contributed by atoms with E-state index in [1.807, 2.05) is 30.3 Å². The summed E-state index contributed by atoms with van der Waals surface area (Å²) < 4.78 is 80.9. The molecule has 5 rings (SSSR count). The average Bonchev–Trinajstić information content (AvgIpc) is 3.09. The van der Waals surface area contributed by atoms with Crippen LogP contribution >= 0.6 is 23.2 Å². The molecule has 3 N–H and O–H groups in total. The second kappa shape index (κ2) is 16.6. The van der Waals surface area contributed by atoms with Gasteiger partial charge in [-0.1, -0.05) is 60.5 Å². The maximum atomic E-state index is 14.5. The average molecular weight is 774 g/mol. The van der Waals surface area contributed by atoms with Crippen LogP contribution in [0.5, 0.6) is 0 Å². The number of benzene rings is 3. The van der Waals surface area contributed by atoms with E-state index in [4.69, 9.17) is 32.7 Å². The zero-order valence-electron chi connectivity index (χ0n) is 27.5. The summed E-state index contributed by atoms with van der Waals surface area (Å²) in [6, 6.07) is 13.9. The molecule has 1 aromatic heterocycles. The Kier molecular flexibility index (Phi) is 12.7. The molecule has 0 saturated carbocycles. The maximum Gasteiger partial charge on any atom is 0.416 e. The maximum absolute atomic E-state index is 14.5. The van der Waals surface area contributed by atoms with E-state index in [1.165, 1.54) is 25.1 Å². The molecule has 2 heterocycles. The first-order chi connectivity index (χ1) is 24.2. The van der Waals surface area contributed by atoms with Crippen LogP contribution in [-0.4, -0.2) is 72.5 Å². The fourth-order valence-electron chi connectivity index (χ4n) is 5.98. The van der Waals surface area contributed by atoms with Gasteiger partial charge in [0.25, 0.3) is 5.56 Å². The Hall–Kier alpha value is -3.28. The molecule has 276 valence electrons. The van der Waals surface area contributed by atoms with Gasteiger partial charge in [0.05, 0.1) is 58.0 Å². The first-order valence-corrected chi connectivity index (χ1v) is 18.6. The number of aromatic amines is 1. The van der Waals surface area contributed by atoms with Crippen LogP contribution in [0.2, 0.25) is 10.0 Å². The monoisotopic (exact) mass is 772 g/mol. The number of aliphatic hydroxyl groups is 1. The normalized spacial score (nSPS) is 16.5. The molecule has 2 atom stereocenters. The molecular weight excluding hydrogens is 736 g/mol. The minimum Gasteiger partial charge on any atom is -0.376 e. The van der Waals surface area contributed by atoms with E-state index >= 15 is 0 Å². The molecule has 1 saturated heterocycles. The van der Waals surface area contributed by atoms with Gasteiger partial charge >= 0.3 is 11.9 Å². The molecule has 11 nitrogen and oxygen atoms in total. The first-order valence-electron chi connectivity index (χ1n) is 16.2. The van der Waals surface area contributed by atoms with Crippen molar-refractivity contribution in [2.75, 3.05) is 32.0 Å². The van der Waals surface area contributed by atoms with Gasteiger partial charge in [-0.3, -0.25) is 19.6 Å². The number of ether oxygens (including phenoxy) is 2. The minimum absolute atomic E-state index is 0.0280. The molecular formula is C34H37Cl2F3N4O7S. The molecule has 1 unspecified atom stereocenters. The summed E-state index contributed by atoms with van der Waals surface area (Å²) in [6.45, 7) is 2.06. The number of piperidine rings is 1. The summed E-state index contributed by atoms with van der Waals surface area (Å²) in [4.78, 5) is 30.9. The van der Waals surface area contributed by atoms with Crippen LogP contribution in [-0.2, 0) is 45.2 Å². The van der Waals surface area contributed by atoms with Gasteiger partial charge in [0, 0.05) is 24.7 Å². The van der Waals surface area contributed by atoms with Gasteiger partial charge in [-0.2, -0.15) is 13.2 Å². The number of nitrogens with one attached hydrogen (secondary N) is 2. The summed E-state index contributed by atoms with van der Waals surface area (Å²) in [6.07, 6.45) is -5.13. The summed E-state index contributed by atoms with van der Waals surface area (Å²) in [7, 11) is -3.80. The summed E-state index contributed by atoms with van der Waals surface area (Å²) in [5, 5.41) is 12.1. The zero-order chi connectivity index (χ0) is 36.9. The Morgan fingerprint density at radius 3 is 2.55 bits per heavy atom. The Labute approximate surface area is 301 Å². The fourth-order valence-corrected chi connectivity index (χ4v) is 7.59. The number of hydrogen-bond acceptors (Lipinski definition) is 9. The standard InChI is InChI=1S/C34H37Cl2F3N4O7S/c1-2-51(47,48)28-11-10-23(35)15-22(28)17-43-31(44)25-16-27(34(37,38)39)26(29(36)30(25)41-32(43)45)19-42-13-6-9-24(18-42)49-14-12-40-33(46)50-20-21-7-4-3-5-8-21/h3-5,7-8,10-11,15-16,24,33,40,46H,2,6,9,12-14,17-20H2,1H3,(H,41,45)/t24-,33?/m0/s1. The van der Waals surface area contributed by atoms with Crippen molar-refractivity contribution in [3.8, 4) is 0 Å². The van der Waals surface area contributed by atoms with Crippen LogP contribution in [0.25, 0.3) is 10.9 Å². The summed E-state index contributed by atoms with van der Waals surface area (Å²) in [5.74, 6) is -0.270. The van der Waals surface area contributed by atoms with Gasteiger partial charge in [-0.05, 0) is 60.3 Å². The second-order valence-corrected chi connectivity index (χ2v) is 15.1. The number of hydrogen-bond donors (Lipinski definition) is 3. The van der Waals surface area contributed by atoms with Crippen LogP contribution in [0.15, 0.2) is 69.1 Å². The Morgan fingerprint density at radius 1 is 1.10 bits per heavy atom. The second-order valence-electron chi connectivity index (χ2n) is 12.1. The number of halogens is 5. The van der Waals surface area contributed by atoms with Crippen molar-refractivity contribution < 1.29 is 36.2 Å². The molecule has 0 spiro atoms. The molecule has 0 bridgehead atoms. The van der Waals surface area contributed by atoms with Gasteiger partial charge in [-0.15, -0.1) is 0 Å². The van der Waals surface area contributed by atoms with E-state index in [9.17, 15) is 36.3 Å². The molecule has 0 radical (unpaired) electrons. The largest absolute Gasteiger partial charge is 0.416 e. The van der Waals surface area contributed by atoms with E-state index < -0.39 is 56.2 Å². The third kappa shape index (κ3) is 9.59. The lowest BCUT2D eigenvalue weighted by Gasteiger charge is -2.33. The SMILES string of the molecule is CCS(=O)(=O)c1ccc(Cl)cc1Cn1c(=O)[nH]c2c(Cl)c(CN3CCC[C@H](OCCNC(O)OCc4ccccc4)C3)c(C(F)(F)F)cc2c1=O. The van der Waals surface area contributed by atoms with Crippen LogP contribution in [0.3, 0.4) is 0 Å². The Bertz CT molecular complexity index is 2080. The lowest BCUT2D eigenvalue weighted by Crippen LogP contribution is -2.41. The van der Waals surface area contributed by atoms with Gasteiger partial charge in [0.2, 0.25) is 6.41 Å². The number of aliphatic hydroxyl groups excluding tert-OH is 1. The Morgan fingerprint density at radius 2 is 1.84 bits per heavy atom. The van der Waals surface area contributed by atoms with E-state index in [2.05, 4.69) is 10.3 Å². The van der Waals surface area contributed by atoms with Crippen molar-refractivity contribution in [3.63, 3.8) is 0 Å². The van der Waals surface area contributed by atoms with E-state index in [1.54, 1.807) is 4.90 Å². The van der Waals surface area contributed by atoms with Crippen LogP contribution in [0, 0.1) is 0 Å². The lowest BCUT2D eigenvalue weighted by atomic mass is 10.0. The number of fused-ring (bicyclic) bond motifs is 1. The number of H-pyrrole nitrogens is 1. The van der Waals surface area contributed by atoms with Gasteiger partial charge in [-0.25, -0.2) is 13.2 Å². The van der Waals surface area contributed by atoms with E-state index in [-0.39, 0.29) is 64.7 Å². The van der Waals surface area contributed by atoms with Crippen molar-refractivity contribution in [1.82, 2.24) is 19.8 Å². The topological polar surface area (TPSA) is 143 Å². The van der Waals surface area contributed by atoms with Crippen molar-refractivity contribution in [2.45, 2.75) is 63.1 Å². The highest BCUT2D eigenvalue weighted by atomic mass is 35.5. The molecule has 0 aliphatic carbocycles.